The van der Waals surface area contributed by atoms with E-state index in [0.717, 1.165) is 16.9 Å². The van der Waals surface area contributed by atoms with Gasteiger partial charge < -0.3 is 15.0 Å². The smallest absolute Gasteiger partial charge is 0.243 e. The molecule has 8 heteroatoms. The van der Waals surface area contributed by atoms with Gasteiger partial charge >= 0.3 is 0 Å². The molecule has 202 valence electrons. The van der Waals surface area contributed by atoms with Gasteiger partial charge in [0.2, 0.25) is 11.8 Å². The Hall–Kier alpha value is -2.67. The number of halogens is 2. The molecule has 0 spiro atoms. The number of ether oxygens (including phenoxy) is 1. The molecule has 0 fully saturated rings. The van der Waals surface area contributed by atoms with E-state index in [4.69, 9.17) is 27.9 Å². The number of methoxy groups -OCH3 is 1. The molecule has 0 aliphatic heterocycles. The van der Waals surface area contributed by atoms with Crippen LogP contribution in [0.25, 0.3) is 0 Å². The number of hydrogen-bond acceptors (Lipinski definition) is 4. The molecule has 3 rings (SSSR count). The van der Waals surface area contributed by atoms with Gasteiger partial charge in [0.1, 0.15) is 11.8 Å². The summed E-state index contributed by atoms with van der Waals surface area (Å²) in [6.45, 7) is 4.72. The molecule has 5 nitrogen and oxygen atoms in total. The summed E-state index contributed by atoms with van der Waals surface area (Å²) in [7, 11) is 1.63. The van der Waals surface area contributed by atoms with E-state index in [2.05, 4.69) is 5.32 Å². The lowest BCUT2D eigenvalue weighted by Crippen LogP contribution is -2.51. The summed E-state index contributed by atoms with van der Waals surface area (Å²) in [5.41, 5.74) is 2.67. The Morgan fingerprint density at radius 3 is 2.18 bits per heavy atom. The van der Waals surface area contributed by atoms with Gasteiger partial charge in [-0.05, 0) is 41.3 Å². The zero-order valence-corrected chi connectivity index (χ0v) is 24.3. The first-order valence-corrected chi connectivity index (χ1v) is 14.4. The van der Waals surface area contributed by atoms with Crippen LogP contribution in [0.2, 0.25) is 10.0 Å². The van der Waals surface area contributed by atoms with Crippen molar-refractivity contribution in [2.75, 3.05) is 19.4 Å². The number of amides is 2. The number of hydrogen-bond donors (Lipinski definition) is 1. The summed E-state index contributed by atoms with van der Waals surface area (Å²) in [5, 5.41) is 3.95. The maximum absolute atomic E-state index is 13.8. The topological polar surface area (TPSA) is 58.6 Å². The van der Waals surface area contributed by atoms with E-state index in [1.165, 1.54) is 11.8 Å². The molecule has 1 N–H and O–H groups in total. The molecule has 0 unspecified atom stereocenters. The first-order valence-electron chi connectivity index (χ1n) is 12.5. The van der Waals surface area contributed by atoms with Crippen LogP contribution in [-0.4, -0.2) is 42.2 Å². The van der Waals surface area contributed by atoms with Crippen molar-refractivity contribution in [3.8, 4) is 5.75 Å². The van der Waals surface area contributed by atoms with E-state index in [-0.39, 0.29) is 30.0 Å². The molecular formula is C30H34Cl2N2O3S. The van der Waals surface area contributed by atoms with Crippen LogP contribution in [0.1, 0.15) is 30.5 Å². The highest BCUT2D eigenvalue weighted by Crippen LogP contribution is 2.28. The lowest BCUT2D eigenvalue weighted by Gasteiger charge is -2.32. The van der Waals surface area contributed by atoms with Gasteiger partial charge in [0.05, 0.1) is 12.9 Å². The van der Waals surface area contributed by atoms with Crippen LogP contribution in [0.5, 0.6) is 5.75 Å². The van der Waals surface area contributed by atoms with Gasteiger partial charge in [-0.15, -0.1) is 11.8 Å². The largest absolute Gasteiger partial charge is 0.497 e. The van der Waals surface area contributed by atoms with Gasteiger partial charge in [0.15, 0.2) is 0 Å². The van der Waals surface area contributed by atoms with Crippen molar-refractivity contribution >= 4 is 46.8 Å². The molecule has 0 aromatic heterocycles. The maximum atomic E-state index is 13.8. The molecule has 0 saturated heterocycles. The van der Waals surface area contributed by atoms with Crippen molar-refractivity contribution in [1.82, 2.24) is 10.2 Å². The van der Waals surface area contributed by atoms with Gasteiger partial charge in [-0.1, -0.05) is 85.6 Å². The van der Waals surface area contributed by atoms with Crippen molar-refractivity contribution in [2.24, 2.45) is 5.92 Å². The van der Waals surface area contributed by atoms with E-state index in [9.17, 15) is 9.59 Å². The predicted octanol–water partition coefficient (Wildman–Crippen LogP) is 6.65. The number of nitrogens with zero attached hydrogens (tertiary/aromatic N) is 1. The van der Waals surface area contributed by atoms with E-state index < -0.39 is 6.04 Å². The van der Waals surface area contributed by atoms with E-state index >= 15 is 0 Å². The maximum Gasteiger partial charge on any atom is 0.243 e. The molecule has 0 radical (unpaired) electrons. The van der Waals surface area contributed by atoms with Crippen molar-refractivity contribution in [2.45, 2.75) is 38.6 Å². The molecule has 0 heterocycles. The number of carbonyl (C=O) groups is 2. The Morgan fingerprint density at radius 1 is 0.921 bits per heavy atom. The molecule has 3 aromatic carbocycles. The molecule has 38 heavy (non-hydrogen) atoms. The second-order valence-electron chi connectivity index (χ2n) is 9.41. The first-order chi connectivity index (χ1) is 18.3. The lowest BCUT2D eigenvalue weighted by molar-refractivity contribution is -0.139. The first kappa shape index (κ1) is 29.9. The average Bonchev–Trinajstić information content (AvgIpc) is 2.91. The zero-order chi connectivity index (χ0) is 27.5. The number of rotatable bonds is 13. The van der Waals surface area contributed by atoms with Crippen molar-refractivity contribution in [3.05, 3.63) is 99.5 Å². The van der Waals surface area contributed by atoms with Crippen LogP contribution in [-0.2, 0) is 28.3 Å². The second kappa shape index (κ2) is 15.1. The quantitative estimate of drug-likeness (QED) is 0.249. The Bertz CT molecular complexity index is 1170. The van der Waals surface area contributed by atoms with Crippen LogP contribution in [0.3, 0.4) is 0 Å². The molecule has 0 aliphatic carbocycles. The van der Waals surface area contributed by atoms with E-state index in [1.54, 1.807) is 30.2 Å². The fraction of sp³-hybridized carbons (Fsp3) is 0.333. The summed E-state index contributed by atoms with van der Waals surface area (Å²) in [6, 6.07) is 22.0. The number of benzene rings is 3. The highest BCUT2D eigenvalue weighted by molar-refractivity contribution is 7.99. The monoisotopic (exact) mass is 572 g/mol. The zero-order valence-electron chi connectivity index (χ0n) is 22.0. The molecule has 1 atom stereocenters. The lowest BCUT2D eigenvalue weighted by atomic mass is 10.0. The predicted molar refractivity (Wildman–Crippen MR) is 158 cm³/mol. The van der Waals surface area contributed by atoms with Gasteiger partial charge in [-0.2, -0.15) is 0 Å². The molecular weight excluding hydrogens is 539 g/mol. The SMILES string of the molecule is COc1ccc(CSCC(=O)N(Cc2c(Cl)cccc2Cl)[C@@H](Cc2ccccc2)C(=O)NCC(C)C)cc1. The minimum absolute atomic E-state index is 0.132. The Kier molecular flexibility index (Phi) is 11.8. The standard InChI is InChI=1S/C30H34Cl2N2O3S/c1-21(2)17-33-30(36)28(16-22-8-5-4-6-9-22)34(18-25-26(31)10-7-11-27(25)32)29(35)20-38-19-23-12-14-24(37-3)15-13-23/h4-15,21,28H,16-20H2,1-3H3,(H,33,36)/t28-/m0/s1. The fourth-order valence-corrected chi connectivity index (χ4v) is 5.28. The third-order valence-corrected chi connectivity index (χ3v) is 7.70. The van der Waals surface area contributed by atoms with Crippen molar-refractivity contribution < 1.29 is 14.3 Å². The average molecular weight is 574 g/mol. The van der Waals surface area contributed by atoms with Gasteiger partial charge in [-0.25, -0.2) is 0 Å². The van der Waals surface area contributed by atoms with Gasteiger partial charge in [0.25, 0.3) is 0 Å². The molecule has 2 amide bonds. The molecule has 3 aromatic rings. The third kappa shape index (κ3) is 8.97. The van der Waals surface area contributed by atoms with Crippen LogP contribution in [0.4, 0.5) is 0 Å². The molecule has 0 saturated carbocycles. The van der Waals surface area contributed by atoms with Gasteiger partial charge in [-0.3, -0.25) is 9.59 Å². The minimum Gasteiger partial charge on any atom is -0.497 e. The highest BCUT2D eigenvalue weighted by atomic mass is 35.5. The molecule has 0 bridgehead atoms. The van der Waals surface area contributed by atoms with E-state index in [0.29, 0.717) is 34.3 Å². The van der Waals surface area contributed by atoms with Crippen LogP contribution in [0, 0.1) is 5.92 Å². The fourth-order valence-electron chi connectivity index (χ4n) is 3.89. The van der Waals surface area contributed by atoms with E-state index in [1.807, 2.05) is 68.4 Å². The summed E-state index contributed by atoms with van der Waals surface area (Å²) in [5.74, 6) is 1.57. The molecule has 0 aliphatic rings. The highest BCUT2D eigenvalue weighted by Gasteiger charge is 2.31. The Morgan fingerprint density at radius 2 is 1.58 bits per heavy atom. The van der Waals surface area contributed by atoms with Crippen LogP contribution >= 0.6 is 35.0 Å². The summed E-state index contributed by atoms with van der Waals surface area (Å²) >= 11 is 14.5. The Labute approximate surface area is 239 Å². The van der Waals surface area contributed by atoms with Crippen LogP contribution < -0.4 is 10.1 Å². The van der Waals surface area contributed by atoms with Crippen LogP contribution in [0.15, 0.2) is 72.8 Å². The van der Waals surface area contributed by atoms with Gasteiger partial charge in [0, 0.05) is 40.9 Å². The van der Waals surface area contributed by atoms with Crippen molar-refractivity contribution in [1.29, 1.82) is 0 Å². The minimum atomic E-state index is -0.724. The number of thioether (sulfide) groups is 1. The van der Waals surface area contributed by atoms with Crippen molar-refractivity contribution in [3.63, 3.8) is 0 Å². The number of carbonyl (C=O) groups excluding carboxylic acids is 2. The summed E-state index contributed by atoms with van der Waals surface area (Å²) in [4.78, 5) is 28.9. The summed E-state index contributed by atoms with van der Waals surface area (Å²) < 4.78 is 5.22. The summed E-state index contributed by atoms with van der Waals surface area (Å²) in [6.07, 6.45) is 0.377. The third-order valence-electron chi connectivity index (χ3n) is 6.00. The second-order valence-corrected chi connectivity index (χ2v) is 11.2. The number of nitrogens with one attached hydrogen (secondary N) is 1. The Balaban J connectivity index is 1.87. The normalized spacial score (nSPS) is 11.7.